The fraction of sp³-hybridized carbons (Fsp3) is 0.619. The first-order valence-corrected chi connectivity index (χ1v) is 10.1. The predicted molar refractivity (Wildman–Crippen MR) is 123 cm³/mol. The lowest BCUT2D eigenvalue weighted by atomic mass is 10.1. The minimum Gasteiger partial charge on any atom is -0.381 e. The van der Waals surface area contributed by atoms with Crippen molar-refractivity contribution in [1.29, 1.82) is 0 Å². The highest BCUT2D eigenvalue weighted by molar-refractivity contribution is 14.0. The van der Waals surface area contributed by atoms with Crippen LogP contribution in [0.25, 0.3) is 0 Å². The number of carbonyl (C=O) groups is 1. The average molecular weight is 500 g/mol. The van der Waals surface area contributed by atoms with Crippen molar-refractivity contribution in [3.8, 4) is 0 Å². The normalized spacial score (nSPS) is 19.6. The zero-order chi connectivity index (χ0) is 19.1. The zero-order valence-corrected chi connectivity index (χ0v) is 19.4. The lowest BCUT2D eigenvalue weighted by Gasteiger charge is -2.24. The van der Waals surface area contributed by atoms with Crippen molar-refractivity contribution >= 4 is 35.8 Å². The first-order valence-electron chi connectivity index (χ1n) is 10.1. The molecule has 0 bridgehead atoms. The van der Waals surface area contributed by atoms with Crippen LogP contribution >= 0.6 is 24.0 Å². The molecule has 0 spiro atoms. The van der Waals surface area contributed by atoms with Gasteiger partial charge in [0.05, 0.1) is 13.2 Å². The number of likely N-dealkylation sites (tertiary alicyclic amines) is 1. The Labute approximate surface area is 185 Å². The van der Waals surface area contributed by atoms with Crippen LogP contribution in [0.4, 0.5) is 0 Å². The molecule has 1 atom stereocenters. The van der Waals surface area contributed by atoms with Gasteiger partial charge in [0.2, 0.25) is 5.91 Å². The maximum absolute atomic E-state index is 11.8. The van der Waals surface area contributed by atoms with E-state index in [9.17, 15) is 4.79 Å². The second-order valence-electron chi connectivity index (χ2n) is 7.52. The molecule has 1 N–H and O–H groups in total. The van der Waals surface area contributed by atoms with Crippen molar-refractivity contribution in [3.05, 3.63) is 35.4 Å². The van der Waals surface area contributed by atoms with Crippen LogP contribution in [0.2, 0.25) is 0 Å². The smallest absolute Gasteiger partial charge is 0.222 e. The molecule has 156 valence electrons. The van der Waals surface area contributed by atoms with Gasteiger partial charge in [0, 0.05) is 52.2 Å². The molecule has 2 saturated heterocycles. The summed E-state index contributed by atoms with van der Waals surface area (Å²) in [7, 11) is 2.09. The molecule has 1 amide bonds. The summed E-state index contributed by atoms with van der Waals surface area (Å²) >= 11 is 0. The van der Waals surface area contributed by atoms with E-state index in [1.807, 2.05) is 4.90 Å². The Balaban J connectivity index is 0.00000280. The van der Waals surface area contributed by atoms with Gasteiger partial charge in [-0.15, -0.1) is 24.0 Å². The third-order valence-electron chi connectivity index (χ3n) is 5.23. The number of nitrogens with one attached hydrogen (secondary N) is 1. The monoisotopic (exact) mass is 500 g/mol. The molecular formula is C21H33IN4O2. The number of guanidine groups is 1. The van der Waals surface area contributed by atoms with Gasteiger partial charge in [-0.3, -0.25) is 4.79 Å². The topological polar surface area (TPSA) is 57.2 Å². The van der Waals surface area contributed by atoms with Crippen LogP contribution in [-0.4, -0.2) is 61.6 Å². The van der Waals surface area contributed by atoms with Gasteiger partial charge in [0.1, 0.15) is 0 Å². The second kappa shape index (κ2) is 11.6. The molecule has 1 aromatic rings. The first-order chi connectivity index (χ1) is 13.2. The number of halogens is 1. The molecule has 2 fully saturated rings. The molecule has 0 aromatic heterocycles. The maximum atomic E-state index is 11.8. The molecule has 0 saturated carbocycles. The summed E-state index contributed by atoms with van der Waals surface area (Å²) in [5.41, 5.74) is 2.36. The van der Waals surface area contributed by atoms with Crippen LogP contribution in [0.5, 0.6) is 0 Å². The molecule has 1 aromatic carbocycles. The van der Waals surface area contributed by atoms with Crippen molar-refractivity contribution in [1.82, 2.24) is 15.1 Å². The van der Waals surface area contributed by atoms with Crippen LogP contribution in [0.1, 0.15) is 37.3 Å². The van der Waals surface area contributed by atoms with E-state index in [0.29, 0.717) is 18.9 Å². The standard InChI is InChI=1S/C21H32N4O2.HI/c1-3-22-21(24(2)14-19-10-12-27-16-19)23-13-17-6-8-18(9-7-17)15-25-11-4-5-20(25)26;/h6-9,19H,3-5,10-16H2,1-2H3,(H,22,23);1H. The van der Waals surface area contributed by atoms with Crippen LogP contribution in [0, 0.1) is 5.92 Å². The number of aliphatic imine (C=N–C) groups is 1. The van der Waals surface area contributed by atoms with E-state index in [0.717, 1.165) is 58.2 Å². The van der Waals surface area contributed by atoms with Crippen molar-refractivity contribution in [2.45, 2.75) is 39.3 Å². The molecule has 1 unspecified atom stereocenters. The number of amides is 1. The Morgan fingerprint density at radius 2 is 2.07 bits per heavy atom. The number of rotatable bonds is 7. The fourth-order valence-corrected chi connectivity index (χ4v) is 3.68. The largest absolute Gasteiger partial charge is 0.381 e. The molecule has 3 rings (SSSR count). The molecule has 0 aliphatic carbocycles. The Hall–Kier alpha value is -1.35. The van der Waals surface area contributed by atoms with Crippen LogP contribution in [0.3, 0.4) is 0 Å². The fourth-order valence-electron chi connectivity index (χ4n) is 3.68. The quantitative estimate of drug-likeness (QED) is 0.356. The minimum atomic E-state index is 0. The van der Waals surface area contributed by atoms with E-state index in [2.05, 4.69) is 48.5 Å². The summed E-state index contributed by atoms with van der Waals surface area (Å²) in [5, 5.41) is 3.38. The van der Waals surface area contributed by atoms with Gasteiger partial charge in [-0.25, -0.2) is 4.99 Å². The van der Waals surface area contributed by atoms with Crippen LogP contribution in [0.15, 0.2) is 29.3 Å². The van der Waals surface area contributed by atoms with Gasteiger partial charge in [-0.2, -0.15) is 0 Å². The predicted octanol–water partition coefficient (Wildman–Crippen LogP) is 2.86. The minimum absolute atomic E-state index is 0. The number of hydrogen-bond acceptors (Lipinski definition) is 3. The highest BCUT2D eigenvalue weighted by Crippen LogP contribution is 2.16. The van der Waals surface area contributed by atoms with Crippen LogP contribution < -0.4 is 5.32 Å². The van der Waals surface area contributed by atoms with E-state index < -0.39 is 0 Å². The van der Waals surface area contributed by atoms with Gasteiger partial charge in [0.15, 0.2) is 5.96 Å². The molecule has 2 aliphatic rings. The number of hydrogen-bond donors (Lipinski definition) is 1. The molecule has 7 heteroatoms. The first kappa shape index (κ1) is 22.9. The summed E-state index contributed by atoms with van der Waals surface area (Å²) in [6.07, 6.45) is 2.81. The van der Waals surface area contributed by atoms with Gasteiger partial charge in [0.25, 0.3) is 0 Å². The van der Waals surface area contributed by atoms with Gasteiger partial charge < -0.3 is 19.9 Å². The summed E-state index contributed by atoms with van der Waals surface area (Å²) in [5.74, 6) is 1.80. The Morgan fingerprint density at radius 1 is 1.32 bits per heavy atom. The summed E-state index contributed by atoms with van der Waals surface area (Å²) in [6.45, 7) is 7.90. The molecule has 2 heterocycles. The Morgan fingerprint density at radius 3 is 2.68 bits per heavy atom. The maximum Gasteiger partial charge on any atom is 0.222 e. The second-order valence-corrected chi connectivity index (χ2v) is 7.52. The van der Waals surface area contributed by atoms with Gasteiger partial charge in [-0.1, -0.05) is 24.3 Å². The van der Waals surface area contributed by atoms with Crippen molar-refractivity contribution in [3.63, 3.8) is 0 Å². The number of ether oxygens (including phenoxy) is 1. The molecule has 6 nitrogen and oxygen atoms in total. The Bertz CT molecular complexity index is 644. The lowest BCUT2D eigenvalue weighted by molar-refractivity contribution is -0.128. The van der Waals surface area contributed by atoms with Crippen molar-refractivity contribution in [2.75, 3.05) is 39.9 Å². The van der Waals surface area contributed by atoms with Crippen molar-refractivity contribution < 1.29 is 9.53 Å². The van der Waals surface area contributed by atoms with E-state index in [-0.39, 0.29) is 29.9 Å². The highest BCUT2D eigenvalue weighted by atomic mass is 127. The Kier molecular flexibility index (Phi) is 9.50. The molecule has 28 heavy (non-hydrogen) atoms. The molecular weight excluding hydrogens is 467 g/mol. The third kappa shape index (κ3) is 6.62. The SMILES string of the molecule is CCNC(=NCc1ccc(CN2CCCC2=O)cc1)N(C)CC1CCOC1.I. The van der Waals surface area contributed by atoms with E-state index in [4.69, 9.17) is 9.73 Å². The zero-order valence-electron chi connectivity index (χ0n) is 17.0. The molecule has 0 radical (unpaired) electrons. The summed E-state index contributed by atoms with van der Waals surface area (Å²) in [6, 6.07) is 8.47. The van der Waals surface area contributed by atoms with Crippen LogP contribution in [-0.2, 0) is 22.6 Å². The van der Waals surface area contributed by atoms with E-state index >= 15 is 0 Å². The molecule has 2 aliphatic heterocycles. The van der Waals surface area contributed by atoms with Crippen molar-refractivity contribution in [2.24, 2.45) is 10.9 Å². The number of benzene rings is 1. The summed E-state index contributed by atoms with van der Waals surface area (Å²) < 4.78 is 5.48. The number of carbonyl (C=O) groups excluding carboxylic acids is 1. The summed E-state index contributed by atoms with van der Waals surface area (Å²) in [4.78, 5) is 20.7. The van der Waals surface area contributed by atoms with E-state index in [1.165, 1.54) is 11.1 Å². The average Bonchev–Trinajstić information content (AvgIpc) is 3.32. The lowest BCUT2D eigenvalue weighted by Crippen LogP contribution is -2.41. The number of nitrogens with zero attached hydrogens (tertiary/aromatic N) is 3. The third-order valence-corrected chi connectivity index (χ3v) is 5.23. The van der Waals surface area contributed by atoms with Gasteiger partial charge >= 0.3 is 0 Å². The van der Waals surface area contributed by atoms with Gasteiger partial charge in [-0.05, 0) is 30.9 Å². The van der Waals surface area contributed by atoms with E-state index in [1.54, 1.807) is 0 Å². The highest BCUT2D eigenvalue weighted by Gasteiger charge is 2.20.